The Balaban J connectivity index is 2.01. The van der Waals surface area contributed by atoms with Crippen molar-refractivity contribution in [3.05, 3.63) is 29.3 Å². The van der Waals surface area contributed by atoms with E-state index in [9.17, 15) is 10.2 Å². The van der Waals surface area contributed by atoms with Gasteiger partial charge in [0.2, 0.25) is 0 Å². The standard InChI is InChI=1S/C15H22O3/c1-11-9-13(12(2)16)5-6-14(11)18-10-15(17)7-3-4-8-15/h5-6,9,12,16-17H,3-4,7-8,10H2,1-2H3/t12-/m0/s1. The van der Waals surface area contributed by atoms with Gasteiger partial charge in [-0.3, -0.25) is 0 Å². The van der Waals surface area contributed by atoms with Gasteiger partial charge in [-0.2, -0.15) is 0 Å². The average molecular weight is 250 g/mol. The molecular formula is C15H22O3. The molecule has 0 radical (unpaired) electrons. The zero-order valence-electron chi connectivity index (χ0n) is 11.1. The molecule has 3 nitrogen and oxygen atoms in total. The molecule has 0 aliphatic heterocycles. The maximum absolute atomic E-state index is 10.2. The Morgan fingerprint density at radius 1 is 1.33 bits per heavy atom. The number of aryl methyl sites for hydroxylation is 1. The van der Waals surface area contributed by atoms with Crippen molar-refractivity contribution in [2.75, 3.05) is 6.61 Å². The number of rotatable bonds is 4. The quantitative estimate of drug-likeness (QED) is 0.864. The van der Waals surface area contributed by atoms with Crippen LogP contribution in [0.15, 0.2) is 18.2 Å². The third-order valence-electron chi connectivity index (χ3n) is 3.71. The number of hydrogen-bond donors (Lipinski definition) is 2. The molecule has 0 heterocycles. The van der Waals surface area contributed by atoms with Gasteiger partial charge < -0.3 is 14.9 Å². The maximum Gasteiger partial charge on any atom is 0.122 e. The van der Waals surface area contributed by atoms with Gasteiger partial charge >= 0.3 is 0 Å². The van der Waals surface area contributed by atoms with Gasteiger partial charge in [-0.05, 0) is 49.9 Å². The second-order valence-electron chi connectivity index (χ2n) is 5.42. The Bertz CT molecular complexity index is 406. The lowest BCUT2D eigenvalue weighted by atomic mass is 10.0. The van der Waals surface area contributed by atoms with E-state index in [0.29, 0.717) is 6.61 Å². The highest BCUT2D eigenvalue weighted by Gasteiger charge is 2.32. The minimum absolute atomic E-state index is 0.363. The first-order valence-electron chi connectivity index (χ1n) is 6.64. The Kier molecular flexibility index (Phi) is 3.93. The first-order valence-corrected chi connectivity index (χ1v) is 6.64. The van der Waals surface area contributed by atoms with Crippen molar-refractivity contribution in [2.45, 2.75) is 51.2 Å². The third-order valence-corrected chi connectivity index (χ3v) is 3.71. The number of hydrogen-bond acceptors (Lipinski definition) is 3. The van der Waals surface area contributed by atoms with Crippen molar-refractivity contribution < 1.29 is 14.9 Å². The fourth-order valence-electron chi connectivity index (χ4n) is 2.48. The highest BCUT2D eigenvalue weighted by molar-refractivity contribution is 5.37. The van der Waals surface area contributed by atoms with Crippen molar-refractivity contribution in [2.24, 2.45) is 0 Å². The van der Waals surface area contributed by atoms with Gasteiger partial charge in [0.05, 0.1) is 11.7 Å². The minimum Gasteiger partial charge on any atom is -0.490 e. The lowest BCUT2D eigenvalue weighted by molar-refractivity contribution is 0.00120. The van der Waals surface area contributed by atoms with Crippen LogP contribution >= 0.6 is 0 Å². The van der Waals surface area contributed by atoms with Gasteiger partial charge in [0.25, 0.3) is 0 Å². The van der Waals surface area contributed by atoms with Crippen LogP contribution in [-0.4, -0.2) is 22.4 Å². The zero-order chi connectivity index (χ0) is 13.2. The summed E-state index contributed by atoms with van der Waals surface area (Å²) in [6.07, 6.45) is 3.37. The number of aliphatic hydroxyl groups is 2. The molecular weight excluding hydrogens is 228 g/mol. The summed E-state index contributed by atoms with van der Waals surface area (Å²) in [6, 6.07) is 5.67. The van der Waals surface area contributed by atoms with Crippen LogP contribution < -0.4 is 4.74 Å². The summed E-state index contributed by atoms with van der Waals surface area (Å²) in [5, 5.41) is 19.7. The molecule has 1 aromatic rings. The fraction of sp³-hybridized carbons (Fsp3) is 0.600. The van der Waals surface area contributed by atoms with E-state index in [1.54, 1.807) is 6.92 Å². The molecule has 1 fully saturated rings. The van der Waals surface area contributed by atoms with Crippen LogP contribution in [0.3, 0.4) is 0 Å². The van der Waals surface area contributed by atoms with Gasteiger partial charge in [0.1, 0.15) is 12.4 Å². The minimum atomic E-state index is -0.643. The molecule has 0 amide bonds. The lowest BCUT2D eigenvalue weighted by Gasteiger charge is -2.23. The van der Waals surface area contributed by atoms with E-state index in [-0.39, 0.29) is 0 Å². The molecule has 1 aromatic carbocycles. The van der Waals surface area contributed by atoms with Gasteiger partial charge in [-0.1, -0.05) is 18.9 Å². The summed E-state index contributed by atoms with van der Waals surface area (Å²) in [4.78, 5) is 0. The van der Waals surface area contributed by atoms with E-state index in [2.05, 4.69) is 0 Å². The van der Waals surface area contributed by atoms with Crippen LogP contribution in [0.1, 0.15) is 49.8 Å². The molecule has 1 aliphatic rings. The van der Waals surface area contributed by atoms with Crippen molar-refractivity contribution >= 4 is 0 Å². The second-order valence-corrected chi connectivity index (χ2v) is 5.42. The predicted octanol–water partition coefficient (Wildman–Crippen LogP) is 2.73. The molecule has 0 aromatic heterocycles. The van der Waals surface area contributed by atoms with Gasteiger partial charge in [0.15, 0.2) is 0 Å². The summed E-state index contributed by atoms with van der Waals surface area (Å²) in [5.74, 6) is 0.791. The number of aliphatic hydroxyl groups excluding tert-OH is 1. The fourth-order valence-corrected chi connectivity index (χ4v) is 2.48. The van der Waals surface area contributed by atoms with Crippen molar-refractivity contribution in [1.82, 2.24) is 0 Å². The highest BCUT2D eigenvalue weighted by Crippen LogP contribution is 2.31. The van der Waals surface area contributed by atoms with Crippen LogP contribution in [0.25, 0.3) is 0 Å². The third kappa shape index (κ3) is 3.03. The highest BCUT2D eigenvalue weighted by atomic mass is 16.5. The Morgan fingerprint density at radius 3 is 2.56 bits per heavy atom. The second kappa shape index (κ2) is 5.29. The SMILES string of the molecule is Cc1cc([C@H](C)O)ccc1OCC1(O)CCCC1. The summed E-state index contributed by atoms with van der Waals surface area (Å²) in [6.45, 7) is 4.07. The smallest absolute Gasteiger partial charge is 0.122 e. The molecule has 0 unspecified atom stereocenters. The van der Waals surface area contributed by atoms with E-state index < -0.39 is 11.7 Å². The molecule has 1 atom stereocenters. The predicted molar refractivity (Wildman–Crippen MR) is 70.7 cm³/mol. The van der Waals surface area contributed by atoms with Crippen LogP contribution in [0.2, 0.25) is 0 Å². The molecule has 0 saturated heterocycles. The normalized spacial score (nSPS) is 19.8. The van der Waals surface area contributed by atoms with E-state index in [1.807, 2.05) is 25.1 Å². The van der Waals surface area contributed by atoms with E-state index in [0.717, 1.165) is 42.6 Å². The molecule has 2 N–H and O–H groups in total. The molecule has 18 heavy (non-hydrogen) atoms. The van der Waals surface area contributed by atoms with Gasteiger partial charge in [-0.25, -0.2) is 0 Å². The molecule has 0 spiro atoms. The Morgan fingerprint density at radius 2 is 2.00 bits per heavy atom. The van der Waals surface area contributed by atoms with Crippen LogP contribution in [0.5, 0.6) is 5.75 Å². The molecule has 100 valence electrons. The summed E-state index contributed by atoms with van der Waals surface area (Å²) >= 11 is 0. The Hall–Kier alpha value is -1.06. The number of benzene rings is 1. The van der Waals surface area contributed by atoms with Crippen molar-refractivity contribution in [1.29, 1.82) is 0 Å². The molecule has 2 rings (SSSR count). The van der Waals surface area contributed by atoms with Crippen LogP contribution in [0.4, 0.5) is 0 Å². The topological polar surface area (TPSA) is 49.7 Å². The summed E-state index contributed by atoms with van der Waals surface area (Å²) < 4.78 is 5.73. The van der Waals surface area contributed by atoms with Crippen LogP contribution in [0, 0.1) is 6.92 Å². The molecule has 3 heteroatoms. The molecule has 1 aliphatic carbocycles. The zero-order valence-corrected chi connectivity index (χ0v) is 11.1. The van der Waals surface area contributed by atoms with E-state index in [4.69, 9.17) is 4.74 Å². The molecule has 1 saturated carbocycles. The first kappa shape index (κ1) is 13.4. The van der Waals surface area contributed by atoms with E-state index in [1.165, 1.54) is 0 Å². The largest absolute Gasteiger partial charge is 0.490 e. The summed E-state index contributed by atoms with van der Waals surface area (Å²) in [5.41, 5.74) is 1.24. The average Bonchev–Trinajstić information content (AvgIpc) is 2.75. The lowest BCUT2D eigenvalue weighted by Crippen LogP contribution is -2.32. The van der Waals surface area contributed by atoms with Crippen molar-refractivity contribution in [3.63, 3.8) is 0 Å². The summed E-state index contributed by atoms with van der Waals surface area (Å²) in [7, 11) is 0. The van der Waals surface area contributed by atoms with Crippen molar-refractivity contribution in [3.8, 4) is 5.75 Å². The molecule has 0 bridgehead atoms. The first-order chi connectivity index (χ1) is 8.50. The van der Waals surface area contributed by atoms with Gasteiger partial charge in [-0.15, -0.1) is 0 Å². The number of ether oxygens (including phenoxy) is 1. The Labute approximate surface area is 108 Å². The van der Waals surface area contributed by atoms with Crippen LogP contribution in [-0.2, 0) is 0 Å². The van der Waals surface area contributed by atoms with Gasteiger partial charge in [0, 0.05) is 0 Å². The maximum atomic E-state index is 10.2. The monoisotopic (exact) mass is 250 g/mol. The van der Waals surface area contributed by atoms with E-state index >= 15 is 0 Å².